The first-order chi connectivity index (χ1) is 23.1. The maximum absolute atomic E-state index is 10.7. The van der Waals surface area contributed by atoms with Crippen molar-refractivity contribution in [2.45, 2.75) is 0 Å². The number of nitro benzene ring substituents is 3. The third kappa shape index (κ3) is 12.6. The minimum absolute atomic E-state index is 0.00116. The number of hydrogen-bond donors (Lipinski definition) is 1. The zero-order valence-electron chi connectivity index (χ0n) is 25.3. The number of halogens is 3. The molecule has 0 atom stereocenters. The third-order valence-corrected chi connectivity index (χ3v) is 6.13. The van der Waals surface area contributed by atoms with Crippen LogP contribution in [0.15, 0.2) is 36.4 Å². The molecular weight excluding hydrogens is 723 g/mol. The molecule has 0 unspecified atom stereocenters. The van der Waals surface area contributed by atoms with Gasteiger partial charge in [-0.25, -0.2) is 0 Å². The van der Waals surface area contributed by atoms with Gasteiger partial charge in [-0.15, -0.1) is 0 Å². The summed E-state index contributed by atoms with van der Waals surface area (Å²) in [6.45, 7) is -0.854. The second kappa shape index (κ2) is 20.3. The molecule has 260 valence electrons. The summed E-state index contributed by atoms with van der Waals surface area (Å²) in [7, 11) is 3.94. The first kappa shape index (κ1) is 41.0. The minimum atomic E-state index is -0.682. The number of ether oxygens (including phenoxy) is 6. The SMILES string of the molecule is COc1cc(OCC#N)c(Cl)cc1[N+](=O)[O-].COc1cc(OCC#N)c([N+](=O)[O-])cc1Cl.COc1cc(OCC(N)=O)c(Cl)cc1[N+](=O)[O-]. The lowest BCUT2D eigenvalue weighted by molar-refractivity contribution is -0.385. The molecule has 0 radical (unpaired) electrons. The summed E-state index contributed by atoms with van der Waals surface area (Å²) in [6.07, 6.45) is 0. The Morgan fingerprint density at radius 1 is 0.633 bits per heavy atom. The van der Waals surface area contributed by atoms with Crippen LogP contribution in [0.3, 0.4) is 0 Å². The Morgan fingerprint density at radius 3 is 1.31 bits per heavy atom. The van der Waals surface area contributed by atoms with Crippen LogP contribution in [0.5, 0.6) is 34.5 Å². The first-order valence-corrected chi connectivity index (χ1v) is 13.7. The van der Waals surface area contributed by atoms with E-state index in [-0.39, 0.29) is 86.4 Å². The van der Waals surface area contributed by atoms with Gasteiger partial charge in [0, 0.05) is 36.4 Å². The van der Waals surface area contributed by atoms with Crippen molar-refractivity contribution >= 4 is 57.8 Å². The molecule has 0 heterocycles. The van der Waals surface area contributed by atoms with Crippen molar-refractivity contribution in [3.63, 3.8) is 0 Å². The molecule has 2 N–H and O–H groups in total. The average molecular weight is 746 g/mol. The summed E-state index contributed by atoms with van der Waals surface area (Å²) in [4.78, 5) is 40.6. The van der Waals surface area contributed by atoms with E-state index in [1.807, 2.05) is 0 Å². The number of amides is 1. The Kier molecular flexibility index (Phi) is 17.0. The molecular formula is C27H23Cl3N6O13. The molecule has 0 bridgehead atoms. The van der Waals surface area contributed by atoms with E-state index in [1.54, 1.807) is 12.1 Å². The smallest absolute Gasteiger partial charge is 0.312 e. The number of carbonyl (C=O) groups is 1. The fourth-order valence-electron chi connectivity index (χ4n) is 3.19. The van der Waals surface area contributed by atoms with Crippen LogP contribution in [0.1, 0.15) is 0 Å². The molecule has 0 aliphatic heterocycles. The normalized spacial score (nSPS) is 9.47. The summed E-state index contributed by atoms with van der Waals surface area (Å²) in [5, 5.41) is 48.8. The lowest BCUT2D eigenvalue weighted by Crippen LogP contribution is -2.20. The highest BCUT2D eigenvalue weighted by molar-refractivity contribution is 6.33. The Morgan fingerprint density at radius 2 is 0.959 bits per heavy atom. The van der Waals surface area contributed by atoms with Gasteiger partial charge in [0.05, 0.1) is 51.2 Å². The van der Waals surface area contributed by atoms with Crippen molar-refractivity contribution in [1.29, 1.82) is 10.5 Å². The fraction of sp³-hybridized carbons (Fsp3) is 0.222. The van der Waals surface area contributed by atoms with Crippen LogP contribution in [-0.4, -0.2) is 61.8 Å². The molecule has 0 fully saturated rings. The predicted octanol–water partition coefficient (Wildman–Crippen LogP) is 5.44. The number of methoxy groups -OCH3 is 3. The zero-order chi connectivity index (χ0) is 37.3. The number of carbonyl (C=O) groups excluding carboxylic acids is 1. The van der Waals surface area contributed by atoms with E-state index < -0.39 is 20.7 Å². The van der Waals surface area contributed by atoms with Crippen LogP contribution < -0.4 is 34.2 Å². The molecule has 19 nitrogen and oxygen atoms in total. The summed E-state index contributed by atoms with van der Waals surface area (Å²) in [5.74, 6) is -0.203. The topological polar surface area (TPSA) is 275 Å². The fourth-order valence-corrected chi connectivity index (χ4v) is 3.85. The predicted molar refractivity (Wildman–Crippen MR) is 171 cm³/mol. The number of nitrogens with two attached hydrogens (primary N) is 1. The van der Waals surface area contributed by atoms with Crippen LogP contribution in [0.4, 0.5) is 17.1 Å². The van der Waals surface area contributed by atoms with Crippen molar-refractivity contribution in [1.82, 2.24) is 0 Å². The Bertz CT molecular complexity index is 1780. The number of primary amides is 1. The largest absolute Gasteiger partial charge is 0.495 e. The number of nitriles is 2. The third-order valence-electron chi connectivity index (χ3n) is 5.24. The van der Waals surface area contributed by atoms with Crippen LogP contribution in [0.2, 0.25) is 15.1 Å². The number of nitro groups is 3. The number of benzene rings is 3. The van der Waals surface area contributed by atoms with Crippen molar-refractivity contribution in [3.8, 4) is 46.6 Å². The number of nitrogens with zero attached hydrogens (tertiary/aromatic N) is 5. The minimum Gasteiger partial charge on any atom is -0.495 e. The second-order valence-corrected chi connectivity index (χ2v) is 9.50. The molecule has 3 aromatic carbocycles. The van der Waals surface area contributed by atoms with Gasteiger partial charge >= 0.3 is 17.1 Å². The molecule has 3 aromatic rings. The summed E-state index contributed by atoms with van der Waals surface area (Å²) in [5.41, 5.74) is 4.05. The molecule has 0 aromatic heterocycles. The molecule has 0 spiro atoms. The van der Waals surface area contributed by atoms with Crippen LogP contribution in [-0.2, 0) is 4.79 Å². The molecule has 22 heteroatoms. The lowest BCUT2D eigenvalue weighted by atomic mass is 10.3. The molecule has 0 aliphatic rings. The second-order valence-electron chi connectivity index (χ2n) is 8.28. The van der Waals surface area contributed by atoms with Gasteiger partial charge in [0.1, 0.15) is 29.4 Å². The van der Waals surface area contributed by atoms with E-state index in [9.17, 15) is 35.1 Å². The van der Waals surface area contributed by atoms with Crippen molar-refractivity contribution in [2.24, 2.45) is 5.73 Å². The van der Waals surface area contributed by atoms with Gasteiger partial charge < -0.3 is 34.2 Å². The van der Waals surface area contributed by atoms with E-state index in [0.29, 0.717) is 0 Å². The van der Waals surface area contributed by atoms with Crippen LogP contribution in [0.25, 0.3) is 0 Å². The number of hydrogen-bond acceptors (Lipinski definition) is 15. The Hall–Kier alpha value is -6.02. The van der Waals surface area contributed by atoms with E-state index in [1.165, 1.54) is 39.5 Å². The van der Waals surface area contributed by atoms with E-state index in [2.05, 4.69) is 0 Å². The van der Waals surface area contributed by atoms with Crippen LogP contribution in [0, 0.1) is 53.0 Å². The Labute approximate surface area is 291 Å². The summed E-state index contributed by atoms with van der Waals surface area (Å²) >= 11 is 17.2. The molecule has 0 saturated heterocycles. The van der Waals surface area contributed by atoms with Gasteiger partial charge in [0.15, 0.2) is 19.8 Å². The molecule has 49 heavy (non-hydrogen) atoms. The lowest BCUT2D eigenvalue weighted by Gasteiger charge is -2.08. The maximum atomic E-state index is 10.7. The van der Waals surface area contributed by atoms with Crippen LogP contribution >= 0.6 is 34.8 Å². The summed E-state index contributed by atoms with van der Waals surface area (Å²) < 4.78 is 29.4. The van der Waals surface area contributed by atoms with Gasteiger partial charge in [-0.2, -0.15) is 10.5 Å². The highest BCUT2D eigenvalue weighted by Crippen LogP contribution is 2.39. The van der Waals surface area contributed by atoms with E-state index in [0.717, 1.165) is 18.2 Å². The molecule has 1 amide bonds. The van der Waals surface area contributed by atoms with Gasteiger partial charge in [-0.3, -0.25) is 35.1 Å². The van der Waals surface area contributed by atoms with Gasteiger partial charge in [0.2, 0.25) is 17.2 Å². The quantitative estimate of drug-likeness (QED) is 0.168. The monoisotopic (exact) mass is 744 g/mol. The van der Waals surface area contributed by atoms with Gasteiger partial charge in [-0.1, -0.05) is 34.8 Å². The molecule has 0 aliphatic carbocycles. The average Bonchev–Trinajstić information content (AvgIpc) is 3.06. The molecule has 3 rings (SSSR count). The maximum Gasteiger partial charge on any atom is 0.312 e. The van der Waals surface area contributed by atoms with Crippen molar-refractivity contribution in [2.75, 3.05) is 41.2 Å². The standard InChI is InChI=1S/C9H9ClN2O5.2C9H7ClN2O4/c1-16-8-3-7(17-4-9(11)13)5(10)2-6(8)12(14)15;1-15-9-5-8(16-3-2-11)6(10)4-7(9)12(13)14;1-15-8-5-9(16-3-2-11)7(12(13)14)4-6(8)10/h2-3H,4H2,1H3,(H2,11,13);2*4-5H,3H2,1H3. The zero-order valence-corrected chi connectivity index (χ0v) is 27.6. The van der Waals surface area contributed by atoms with Crippen molar-refractivity contribution < 1.29 is 48.0 Å². The first-order valence-electron chi connectivity index (χ1n) is 12.6. The highest BCUT2D eigenvalue weighted by Gasteiger charge is 2.21. The van der Waals surface area contributed by atoms with Crippen molar-refractivity contribution in [3.05, 3.63) is 81.8 Å². The molecule has 0 saturated carbocycles. The van der Waals surface area contributed by atoms with E-state index >= 15 is 0 Å². The number of rotatable bonds is 13. The Balaban J connectivity index is 0.000000368. The van der Waals surface area contributed by atoms with Gasteiger partial charge in [-0.05, 0) is 0 Å². The van der Waals surface area contributed by atoms with Gasteiger partial charge in [0.25, 0.3) is 5.91 Å². The van der Waals surface area contributed by atoms with E-state index in [4.69, 9.17) is 79.5 Å². The highest BCUT2D eigenvalue weighted by atomic mass is 35.5. The summed E-state index contributed by atoms with van der Waals surface area (Å²) in [6, 6.07) is 10.6.